The second kappa shape index (κ2) is 10.4. The molecule has 1 amide bonds. The van der Waals surface area contributed by atoms with Crippen LogP contribution in [0.15, 0.2) is 54.6 Å². The van der Waals surface area contributed by atoms with Crippen molar-refractivity contribution in [3.8, 4) is 0 Å². The van der Waals surface area contributed by atoms with Gasteiger partial charge in [0.25, 0.3) is 0 Å². The molecule has 2 aliphatic heterocycles. The Morgan fingerprint density at radius 2 is 1.69 bits per heavy atom. The summed E-state index contributed by atoms with van der Waals surface area (Å²) in [7, 11) is -2.16. The van der Waals surface area contributed by atoms with Crippen molar-refractivity contribution in [3.63, 3.8) is 0 Å². The quantitative estimate of drug-likeness (QED) is 0.588. The van der Waals surface area contributed by atoms with Crippen molar-refractivity contribution in [2.75, 3.05) is 31.6 Å². The molecule has 3 atom stereocenters. The number of nitrogens with zero attached hydrogens (tertiary/aromatic N) is 3. The normalized spacial score (nSPS) is 24.7. The Kier molecular flexibility index (Phi) is 7.47. The molecular formula is C26H33N3O5S. The first-order chi connectivity index (χ1) is 16.7. The maximum absolute atomic E-state index is 13.5. The number of carbonyl (C=O) groups is 2. The van der Waals surface area contributed by atoms with Crippen molar-refractivity contribution in [2.45, 2.75) is 50.6 Å². The molecule has 2 saturated heterocycles. The van der Waals surface area contributed by atoms with Gasteiger partial charge in [0.1, 0.15) is 11.3 Å². The zero-order chi connectivity index (χ0) is 25.2. The summed E-state index contributed by atoms with van der Waals surface area (Å²) >= 11 is 0. The molecule has 0 aromatic heterocycles. The van der Waals surface area contributed by atoms with Crippen LogP contribution in [0, 0.1) is 0 Å². The Bertz CT molecular complexity index is 1150. The summed E-state index contributed by atoms with van der Waals surface area (Å²) in [6.45, 7) is 5.06. The van der Waals surface area contributed by atoms with Crippen molar-refractivity contribution in [1.29, 1.82) is 0 Å². The van der Waals surface area contributed by atoms with Crippen LogP contribution in [-0.2, 0) is 30.9 Å². The van der Waals surface area contributed by atoms with Gasteiger partial charge in [0.05, 0.1) is 13.7 Å². The fraction of sp³-hybridized carbons (Fsp3) is 0.462. The smallest absolute Gasteiger partial charge is 0.330 e. The first kappa shape index (κ1) is 25.2. The lowest BCUT2D eigenvalue weighted by Gasteiger charge is -2.41. The molecule has 4 rings (SSSR count). The topological polar surface area (TPSA) is 87.2 Å². The predicted octanol–water partition coefficient (Wildman–Crippen LogP) is 2.95. The fourth-order valence-corrected chi connectivity index (χ4v) is 7.24. The van der Waals surface area contributed by atoms with Crippen molar-refractivity contribution in [2.24, 2.45) is 0 Å². The number of benzene rings is 2. The third-order valence-corrected chi connectivity index (χ3v) is 9.47. The average Bonchev–Trinajstić information content (AvgIpc) is 2.86. The maximum atomic E-state index is 13.5. The second-order valence-electron chi connectivity index (χ2n) is 9.28. The van der Waals surface area contributed by atoms with E-state index in [0.717, 1.165) is 23.2 Å². The molecule has 1 unspecified atom stereocenters. The fourth-order valence-electron chi connectivity index (χ4n) is 5.04. The van der Waals surface area contributed by atoms with Gasteiger partial charge >= 0.3 is 5.97 Å². The maximum Gasteiger partial charge on any atom is 0.330 e. The van der Waals surface area contributed by atoms with Gasteiger partial charge in [0.15, 0.2) is 0 Å². The number of rotatable bonds is 5. The molecule has 2 fully saturated rings. The molecular weight excluding hydrogens is 466 g/mol. The summed E-state index contributed by atoms with van der Waals surface area (Å²) in [5.41, 5.74) is 2.55. The summed E-state index contributed by atoms with van der Waals surface area (Å²) in [5.74, 6) is -0.459. The molecule has 188 valence electrons. The molecule has 0 radical (unpaired) electrons. The van der Waals surface area contributed by atoms with E-state index in [4.69, 9.17) is 4.74 Å². The van der Waals surface area contributed by atoms with E-state index in [1.54, 1.807) is 9.21 Å². The number of hydrogen-bond acceptors (Lipinski definition) is 6. The largest absolute Gasteiger partial charge is 0.467 e. The molecule has 0 saturated carbocycles. The number of sulfonamides is 1. The number of ether oxygens (including phenoxy) is 1. The van der Waals surface area contributed by atoms with E-state index in [1.165, 1.54) is 14.0 Å². The second-order valence-corrected chi connectivity index (χ2v) is 11.3. The van der Waals surface area contributed by atoms with Crippen LogP contribution >= 0.6 is 0 Å². The van der Waals surface area contributed by atoms with Gasteiger partial charge in [0.2, 0.25) is 15.9 Å². The van der Waals surface area contributed by atoms with Crippen LogP contribution < -0.4 is 4.90 Å². The lowest BCUT2D eigenvalue weighted by Crippen LogP contribution is -2.58. The zero-order valence-electron chi connectivity index (χ0n) is 20.5. The number of hydrogen-bond donors (Lipinski definition) is 0. The minimum atomic E-state index is -3.51. The molecule has 2 aromatic rings. The van der Waals surface area contributed by atoms with E-state index in [1.807, 2.05) is 66.4 Å². The number of amides is 1. The van der Waals surface area contributed by atoms with Crippen LogP contribution in [0.3, 0.4) is 0 Å². The monoisotopic (exact) mass is 499 g/mol. The minimum absolute atomic E-state index is 0.0698. The van der Waals surface area contributed by atoms with Gasteiger partial charge in [0, 0.05) is 38.3 Å². The van der Waals surface area contributed by atoms with Gasteiger partial charge in [-0.05, 0) is 43.0 Å². The van der Waals surface area contributed by atoms with E-state index in [9.17, 15) is 18.0 Å². The molecule has 35 heavy (non-hydrogen) atoms. The Morgan fingerprint density at radius 1 is 1.00 bits per heavy atom. The van der Waals surface area contributed by atoms with Gasteiger partial charge in [-0.15, -0.1) is 0 Å². The Balaban J connectivity index is 1.52. The highest BCUT2D eigenvalue weighted by Crippen LogP contribution is 2.38. The van der Waals surface area contributed by atoms with Crippen molar-refractivity contribution >= 4 is 27.6 Å². The lowest BCUT2D eigenvalue weighted by molar-refractivity contribution is -0.144. The molecule has 0 bridgehead atoms. The number of piperazine rings is 1. The highest BCUT2D eigenvalue weighted by molar-refractivity contribution is 7.89. The van der Waals surface area contributed by atoms with Gasteiger partial charge in [-0.25, -0.2) is 13.2 Å². The standard InChI is InChI=1S/C26H33N3O5S/c1-19-9-14-25(22-7-5-4-6-8-22)35(32,33)29(19)17-21-10-12-23(13-11-21)28-16-15-27(20(2)30)18-24(28)26(31)34-3/h4-8,10-13,19,24-25H,9,14-18H2,1-3H3/t19-,24+,25?/m0/s1. The molecule has 0 spiro atoms. The van der Waals surface area contributed by atoms with E-state index >= 15 is 0 Å². The third-order valence-electron chi connectivity index (χ3n) is 7.10. The number of methoxy groups -OCH3 is 1. The summed E-state index contributed by atoms with van der Waals surface area (Å²) in [4.78, 5) is 27.9. The Labute approximate surface area is 207 Å². The van der Waals surface area contributed by atoms with Crippen molar-refractivity contribution in [1.82, 2.24) is 9.21 Å². The van der Waals surface area contributed by atoms with E-state index in [0.29, 0.717) is 26.1 Å². The molecule has 2 heterocycles. The van der Waals surface area contributed by atoms with Crippen LogP contribution in [0.25, 0.3) is 0 Å². The highest BCUT2D eigenvalue weighted by Gasteiger charge is 2.40. The van der Waals surface area contributed by atoms with Crippen molar-refractivity contribution < 1.29 is 22.7 Å². The third kappa shape index (κ3) is 5.21. The van der Waals surface area contributed by atoms with Gasteiger partial charge in [-0.2, -0.15) is 4.31 Å². The van der Waals surface area contributed by atoms with E-state index in [-0.39, 0.29) is 24.5 Å². The Hall–Kier alpha value is -2.91. The highest BCUT2D eigenvalue weighted by atomic mass is 32.2. The average molecular weight is 500 g/mol. The lowest BCUT2D eigenvalue weighted by atomic mass is 10.0. The summed E-state index contributed by atoms with van der Waals surface area (Å²) in [5, 5.41) is -0.530. The van der Waals surface area contributed by atoms with Crippen LogP contribution in [0.1, 0.15) is 43.1 Å². The first-order valence-electron chi connectivity index (χ1n) is 12.0. The molecule has 9 heteroatoms. The predicted molar refractivity (Wildman–Crippen MR) is 134 cm³/mol. The molecule has 2 aromatic carbocycles. The van der Waals surface area contributed by atoms with Crippen LogP contribution in [0.4, 0.5) is 5.69 Å². The van der Waals surface area contributed by atoms with Crippen LogP contribution in [0.5, 0.6) is 0 Å². The number of esters is 1. The number of anilines is 1. The summed E-state index contributed by atoms with van der Waals surface area (Å²) in [6, 6.07) is 16.4. The summed E-state index contributed by atoms with van der Waals surface area (Å²) in [6.07, 6.45) is 1.42. The van der Waals surface area contributed by atoms with Gasteiger partial charge < -0.3 is 14.5 Å². The van der Waals surface area contributed by atoms with Crippen LogP contribution in [0.2, 0.25) is 0 Å². The molecule has 8 nitrogen and oxygen atoms in total. The number of carbonyl (C=O) groups excluding carboxylic acids is 2. The minimum Gasteiger partial charge on any atom is -0.467 e. The van der Waals surface area contributed by atoms with Crippen molar-refractivity contribution in [3.05, 3.63) is 65.7 Å². The van der Waals surface area contributed by atoms with E-state index in [2.05, 4.69) is 0 Å². The molecule has 0 N–H and O–H groups in total. The summed E-state index contributed by atoms with van der Waals surface area (Å²) < 4.78 is 33.6. The molecule has 2 aliphatic rings. The first-order valence-corrected chi connectivity index (χ1v) is 13.5. The van der Waals surface area contributed by atoms with Crippen LogP contribution in [-0.4, -0.2) is 68.3 Å². The Morgan fingerprint density at radius 3 is 2.31 bits per heavy atom. The zero-order valence-corrected chi connectivity index (χ0v) is 21.3. The molecule has 0 aliphatic carbocycles. The van der Waals surface area contributed by atoms with E-state index < -0.39 is 21.3 Å². The SMILES string of the molecule is COC(=O)[C@H]1CN(C(C)=O)CCN1c1ccc(CN2[C@@H](C)CCC(c3ccccc3)S2(=O)=O)cc1. The van der Waals surface area contributed by atoms with Gasteiger partial charge in [-0.1, -0.05) is 42.5 Å². The van der Waals surface area contributed by atoms with Gasteiger partial charge in [-0.3, -0.25) is 4.79 Å².